The van der Waals surface area contributed by atoms with Crippen LogP contribution in [0.1, 0.15) is 32.8 Å². The molecule has 0 bridgehead atoms. The SMILES string of the molecule is CC(C)(C)O[C@@H]1C(CO)O[C@@H](O[C@@H]2C(CO)O[C@@H](OCCCNOCc3cccnc3)C(O)[C@@H]2O)C(O)[C@@H]1O. The molecule has 0 spiro atoms. The summed E-state index contributed by atoms with van der Waals surface area (Å²) in [5, 5.41) is 62.2. The number of aliphatic hydroxyl groups excluding tert-OH is 6. The van der Waals surface area contributed by atoms with Crippen molar-refractivity contribution in [2.24, 2.45) is 0 Å². The molecule has 1 aromatic rings. The van der Waals surface area contributed by atoms with Crippen molar-refractivity contribution in [1.29, 1.82) is 0 Å². The molecule has 7 N–H and O–H groups in total. The van der Waals surface area contributed by atoms with E-state index in [1.54, 1.807) is 33.2 Å². The van der Waals surface area contributed by atoms with Crippen molar-refractivity contribution in [3.05, 3.63) is 30.1 Å². The number of nitrogens with zero attached hydrogens (tertiary/aromatic N) is 1. The van der Waals surface area contributed by atoms with Gasteiger partial charge in [-0.05, 0) is 38.8 Å². The second kappa shape index (κ2) is 15.0. The van der Waals surface area contributed by atoms with Gasteiger partial charge in [0.25, 0.3) is 0 Å². The zero-order valence-corrected chi connectivity index (χ0v) is 22.4. The van der Waals surface area contributed by atoms with Gasteiger partial charge in [0.15, 0.2) is 12.6 Å². The molecule has 2 fully saturated rings. The maximum atomic E-state index is 10.7. The molecule has 3 heterocycles. The van der Waals surface area contributed by atoms with E-state index in [1.807, 2.05) is 12.1 Å². The van der Waals surface area contributed by atoms with Gasteiger partial charge in [0.05, 0.1) is 32.0 Å². The first-order valence-corrected chi connectivity index (χ1v) is 13.0. The lowest BCUT2D eigenvalue weighted by molar-refractivity contribution is -0.364. The van der Waals surface area contributed by atoms with Crippen LogP contribution in [0, 0.1) is 0 Å². The van der Waals surface area contributed by atoms with E-state index in [4.69, 9.17) is 28.5 Å². The first-order valence-electron chi connectivity index (χ1n) is 13.0. The van der Waals surface area contributed by atoms with Gasteiger partial charge in [0.1, 0.15) is 48.8 Å². The lowest BCUT2D eigenvalue weighted by Crippen LogP contribution is -2.65. The molecule has 0 aromatic carbocycles. The van der Waals surface area contributed by atoms with E-state index in [0.29, 0.717) is 19.6 Å². The highest BCUT2D eigenvalue weighted by molar-refractivity contribution is 5.06. The number of pyridine rings is 1. The molecule has 0 aliphatic carbocycles. The molecule has 14 nitrogen and oxygen atoms in total. The zero-order valence-electron chi connectivity index (χ0n) is 22.4. The summed E-state index contributed by atoms with van der Waals surface area (Å²) in [5.74, 6) is 0. The van der Waals surface area contributed by atoms with Crippen LogP contribution in [0.3, 0.4) is 0 Å². The van der Waals surface area contributed by atoms with Gasteiger partial charge >= 0.3 is 0 Å². The van der Waals surface area contributed by atoms with Crippen molar-refractivity contribution in [2.45, 2.75) is 101 Å². The van der Waals surface area contributed by atoms with Gasteiger partial charge in [-0.1, -0.05) is 6.07 Å². The van der Waals surface area contributed by atoms with E-state index in [2.05, 4.69) is 10.5 Å². The van der Waals surface area contributed by atoms with Crippen molar-refractivity contribution < 1.29 is 59.2 Å². The molecule has 0 radical (unpaired) electrons. The van der Waals surface area contributed by atoms with Crippen molar-refractivity contribution >= 4 is 0 Å². The summed E-state index contributed by atoms with van der Waals surface area (Å²) in [6.45, 7) is 5.01. The summed E-state index contributed by atoms with van der Waals surface area (Å²) in [4.78, 5) is 9.34. The molecule has 3 rings (SSSR count). The Morgan fingerprint density at radius 1 is 0.923 bits per heavy atom. The standard InChI is InChI=1S/C25H42N2O12/c1-25(2,3)39-22-16(12-29)37-24(20(33)18(22)31)38-21-15(11-28)36-23(19(32)17(21)30)34-9-5-8-27-35-13-14-6-4-7-26-10-14/h4,6-7,10,15-24,27-33H,5,8-9,11-13H2,1-3H3/t15?,16?,17-,18-,19?,20?,21+,22+,23+,24-/m0/s1. The molecular formula is C25H42N2O12. The number of aliphatic hydroxyl groups is 6. The van der Waals surface area contributed by atoms with E-state index >= 15 is 0 Å². The van der Waals surface area contributed by atoms with Crippen LogP contribution < -0.4 is 5.48 Å². The highest BCUT2D eigenvalue weighted by Gasteiger charge is 2.51. The lowest BCUT2D eigenvalue weighted by Gasteiger charge is -2.47. The molecular weight excluding hydrogens is 520 g/mol. The predicted octanol–water partition coefficient (Wildman–Crippen LogP) is -2.04. The zero-order chi connectivity index (χ0) is 28.6. The predicted molar refractivity (Wildman–Crippen MR) is 133 cm³/mol. The minimum absolute atomic E-state index is 0.144. The second-order valence-electron chi connectivity index (χ2n) is 10.5. The van der Waals surface area contributed by atoms with Crippen LogP contribution >= 0.6 is 0 Å². The smallest absolute Gasteiger partial charge is 0.187 e. The first kappa shape index (κ1) is 32.1. The fourth-order valence-corrected chi connectivity index (χ4v) is 4.27. The van der Waals surface area contributed by atoms with Gasteiger partial charge in [-0.3, -0.25) is 9.82 Å². The van der Waals surface area contributed by atoms with Crippen molar-refractivity contribution in [3.8, 4) is 0 Å². The molecule has 0 saturated carbocycles. The van der Waals surface area contributed by atoms with Gasteiger partial charge in [0.2, 0.25) is 0 Å². The Morgan fingerprint density at radius 3 is 2.21 bits per heavy atom. The van der Waals surface area contributed by atoms with E-state index in [-0.39, 0.29) is 6.61 Å². The molecule has 2 aliphatic heterocycles. The van der Waals surface area contributed by atoms with E-state index in [0.717, 1.165) is 5.56 Å². The van der Waals surface area contributed by atoms with Gasteiger partial charge in [0, 0.05) is 18.9 Å². The number of rotatable bonds is 13. The van der Waals surface area contributed by atoms with Crippen LogP contribution in [0.5, 0.6) is 0 Å². The molecule has 10 atom stereocenters. The first-order chi connectivity index (χ1) is 18.6. The monoisotopic (exact) mass is 562 g/mol. The molecule has 1 aromatic heterocycles. The topological polar surface area (TPSA) is 202 Å². The Labute approximate surface area is 227 Å². The highest BCUT2D eigenvalue weighted by Crippen LogP contribution is 2.31. The molecule has 224 valence electrons. The van der Waals surface area contributed by atoms with Crippen molar-refractivity contribution in [3.63, 3.8) is 0 Å². The van der Waals surface area contributed by atoms with Crippen LogP contribution in [-0.4, -0.2) is 129 Å². The normalized spacial score (nSPS) is 35.7. The minimum atomic E-state index is -1.62. The van der Waals surface area contributed by atoms with Crippen LogP contribution in [0.25, 0.3) is 0 Å². The average Bonchev–Trinajstić information content (AvgIpc) is 2.91. The lowest BCUT2D eigenvalue weighted by atomic mass is 9.96. The van der Waals surface area contributed by atoms with Gasteiger partial charge in [-0.2, -0.15) is 0 Å². The minimum Gasteiger partial charge on any atom is -0.394 e. The number of aromatic nitrogens is 1. The Morgan fingerprint density at radius 2 is 1.56 bits per heavy atom. The number of ether oxygens (including phenoxy) is 5. The van der Waals surface area contributed by atoms with Crippen LogP contribution in [0.4, 0.5) is 0 Å². The molecule has 4 unspecified atom stereocenters. The maximum Gasteiger partial charge on any atom is 0.187 e. The fourth-order valence-electron chi connectivity index (χ4n) is 4.27. The number of hydrogen-bond acceptors (Lipinski definition) is 14. The van der Waals surface area contributed by atoms with Crippen molar-refractivity contribution in [2.75, 3.05) is 26.4 Å². The molecule has 0 amide bonds. The van der Waals surface area contributed by atoms with Crippen molar-refractivity contribution in [1.82, 2.24) is 10.5 Å². The summed E-state index contributed by atoms with van der Waals surface area (Å²) >= 11 is 0. The van der Waals surface area contributed by atoms with Crippen LogP contribution in [0.2, 0.25) is 0 Å². The summed E-state index contributed by atoms with van der Waals surface area (Å²) in [7, 11) is 0. The highest BCUT2D eigenvalue weighted by atomic mass is 16.7. The van der Waals surface area contributed by atoms with E-state index in [1.165, 1.54) is 0 Å². The summed E-state index contributed by atoms with van der Waals surface area (Å²) in [6, 6.07) is 3.69. The Balaban J connectivity index is 1.48. The summed E-state index contributed by atoms with van der Waals surface area (Å²) in [6.07, 6.45) is -9.78. The van der Waals surface area contributed by atoms with E-state index < -0.39 is 80.2 Å². The van der Waals surface area contributed by atoms with Gasteiger partial charge in [-0.25, -0.2) is 5.48 Å². The quantitative estimate of drug-likeness (QED) is 0.102. The van der Waals surface area contributed by atoms with Gasteiger partial charge < -0.3 is 54.3 Å². The molecule has 2 saturated heterocycles. The van der Waals surface area contributed by atoms with Crippen LogP contribution in [0.15, 0.2) is 24.5 Å². The average molecular weight is 563 g/mol. The summed E-state index contributed by atoms with van der Waals surface area (Å²) < 4.78 is 28.2. The van der Waals surface area contributed by atoms with Crippen LogP contribution in [-0.2, 0) is 35.1 Å². The third kappa shape index (κ3) is 9.06. The van der Waals surface area contributed by atoms with Gasteiger partial charge in [-0.15, -0.1) is 0 Å². The Bertz CT molecular complexity index is 827. The number of hydrogen-bond donors (Lipinski definition) is 7. The largest absolute Gasteiger partial charge is 0.394 e. The summed E-state index contributed by atoms with van der Waals surface area (Å²) in [5.41, 5.74) is 3.00. The molecule has 14 heteroatoms. The van der Waals surface area contributed by atoms with E-state index in [9.17, 15) is 30.6 Å². The third-order valence-corrected chi connectivity index (χ3v) is 6.19. The second-order valence-corrected chi connectivity index (χ2v) is 10.5. The molecule has 2 aliphatic rings. The number of hydroxylamine groups is 1. The fraction of sp³-hybridized carbons (Fsp3) is 0.800. The Hall–Kier alpha value is -1.37. The number of nitrogens with one attached hydrogen (secondary N) is 1. The maximum absolute atomic E-state index is 10.7. The molecule has 39 heavy (non-hydrogen) atoms. The Kier molecular flexibility index (Phi) is 12.4. The third-order valence-electron chi connectivity index (χ3n) is 6.19.